The molecule has 0 aliphatic carbocycles. The predicted molar refractivity (Wildman–Crippen MR) is 314 cm³/mol. The molecule has 0 fully saturated rings. The fourth-order valence-electron chi connectivity index (χ4n) is 10.5. The van der Waals surface area contributed by atoms with E-state index in [1.165, 1.54) is 295 Å². The second kappa shape index (κ2) is 55.7. The van der Waals surface area contributed by atoms with Crippen LogP contribution in [0.5, 0.6) is 5.75 Å². The lowest BCUT2D eigenvalue weighted by Crippen LogP contribution is -2.26. The third-order valence-electron chi connectivity index (χ3n) is 15.4. The van der Waals surface area contributed by atoms with Gasteiger partial charge in [-0.3, -0.25) is 9.59 Å². The van der Waals surface area contributed by atoms with Gasteiger partial charge in [0.2, 0.25) is 0 Å². The summed E-state index contributed by atoms with van der Waals surface area (Å²) < 4.78 is 6.31. The molecule has 0 atom stereocenters. The number of hydrogen-bond acceptors (Lipinski definition) is 3. The summed E-state index contributed by atoms with van der Waals surface area (Å²) in [5.41, 5.74) is 1.12. The summed E-state index contributed by atoms with van der Waals surface area (Å²) >= 11 is 0. The Bertz CT molecular complexity index is 1250. The minimum atomic E-state index is -0.0931. The Hall–Kier alpha value is -2.04. The highest BCUT2D eigenvalue weighted by Gasteiger charge is 2.16. The van der Waals surface area contributed by atoms with Crippen molar-refractivity contribution in [2.75, 3.05) is 19.7 Å². The number of unbranched alkanes of at least 4 members (excludes halogenated alkanes) is 49. The van der Waals surface area contributed by atoms with Crippen LogP contribution in [0.3, 0.4) is 0 Å². The van der Waals surface area contributed by atoms with Crippen LogP contribution in [-0.4, -0.2) is 31.5 Å². The van der Waals surface area contributed by atoms with Crippen LogP contribution in [0.2, 0.25) is 0 Å². The van der Waals surface area contributed by atoms with Gasteiger partial charge in [-0.2, -0.15) is 0 Å². The Balaban J connectivity index is 2.32. The van der Waals surface area contributed by atoms with E-state index in [1.807, 2.05) is 6.07 Å². The number of nitrogens with one attached hydrogen (secondary N) is 2. The van der Waals surface area contributed by atoms with Gasteiger partial charge in [0.15, 0.2) is 0 Å². The van der Waals surface area contributed by atoms with Crippen molar-refractivity contribution in [1.29, 1.82) is 0 Å². The van der Waals surface area contributed by atoms with Crippen LogP contribution in [0, 0.1) is 0 Å². The van der Waals surface area contributed by atoms with Gasteiger partial charge in [-0.1, -0.05) is 335 Å². The number of amides is 2. The van der Waals surface area contributed by atoms with Crippen LogP contribution in [0.15, 0.2) is 18.2 Å². The van der Waals surface area contributed by atoms with Crippen molar-refractivity contribution in [3.05, 3.63) is 29.3 Å². The first-order chi connectivity index (χ1) is 35.1. The maximum atomic E-state index is 13.5. The van der Waals surface area contributed by atoms with E-state index >= 15 is 0 Å². The molecule has 1 aromatic carbocycles. The minimum absolute atomic E-state index is 0.0743. The smallest absolute Gasteiger partial charge is 0.255 e. The fourth-order valence-corrected chi connectivity index (χ4v) is 10.5. The molecule has 0 saturated carbocycles. The summed E-state index contributed by atoms with van der Waals surface area (Å²) in [5.74, 6) is 0.376. The van der Waals surface area contributed by atoms with Gasteiger partial charge in [-0.25, -0.2) is 0 Å². The Morgan fingerprint density at radius 1 is 0.310 bits per heavy atom. The van der Waals surface area contributed by atoms with Gasteiger partial charge < -0.3 is 15.4 Å². The molecule has 0 bridgehead atoms. The van der Waals surface area contributed by atoms with E-state index in [9.17, 15) is 9.59 Å². The van der Waals surface area contributed by atoms with Gasteiger partial charge in [-0.05, 0) is 37.5 Å². The minimum Gasteiger partial charge on any atom is -0.493 e. The number of benzene rings is 1. The fraction of sp³-hybridized carbons (Fsp3) is 0.879. The lowest BCUT2D eigenvalue weighted by atomic mass is 10.0. The predicted octanol–water partition coefficient (Wildman–Crippen LogP) is 21.9. The Morgan fingerprint density at radius 2 is 0.549 bits per heavy atom. The molecule has 0 aromatic heterocycles. The molecule has 5 nitrogen and oxygen atoms in total. The molecular weight excluding hydrogens is 869 g/mol. The summed E-state index contributed by atoms with van der Waals surface area (Å²) in [6.07, 6.45) is 70.2. The van der Waals surface area contributed by atoms with Gasteiger partial charge in [0.1, 0.15) is 5.75 Å². The van der Waals surface area contributed by atoms with E-state index in [1.54, 1.807) is 12.1 Å². The van der Waals surface area contributed by atoms with E-state index < -0.39 is 0 Å². The molecule has 0 aliphatic rings. The number of rotatable bonds is 58. The first-order valence-corrected chi connectivity index (χ1v) is 32.5. The first-order valence-electron chi connectivity index (χ1n) is 32.5. The molecule has 1 rings (SSSR count). The zero-order valence-electron chi connectivity index (χ0n) is 48.3. The van der Waals surface area contributed by atoms with Crippen LogP contribution < -0.4 is 15.4 Å². The van der Waals surface area contributed by atoms with Crippen LogP contribution >= 0.6 is 0 Å². The molecule has 2 N–H and O–H groups in total. The van der Waals surface area contributed by atoms with Gasteiger partial charge >= 0.3 is 0 Å². The van der Waals surface area contributed by atoms with E-state index in [0.29, 0.717) is 36.6 Å². The van der Waals surface area contributed by atoms with Crippen molar-refractivity contribution in [3.8, 4) is 5.75 Å². The average Bonchev–Trinajstić information content (AvgIpc) is 3.38. The third kappa shape index (κ3) is 46.2. The molecule has 0 heterocycles. The lowest BCUT2D eigenvalue weighted by Gasteiger charge is -2.14. The molecule has 5 heteroatoms. The summed E-state index contributed by atoms with van der Waals surface area (Å²) in [7, 11) is 0. The van der Waals surface area contributed by atoms with Crippen LogP contribution in [-0.2, 0) is 0 Å². The molecule has 0 unspecified atom stereocenters. The largest absolute Gasteiger partial charge is 0.493 e. The van der Waals surface area contributed by atoms with Gasteiger partial charge in [0.05, 0.1) is 12.2 Å². The van der Waals surface area contributed by atoms with Gasteiger partial charge in [0, 0.05) is 18.7 Å². The molecule has 416 valence electrons. The second-order valence-electron chi connectivity index (χ2n) is 22.4. The monoisotopic (exact) mass is 993 g/mol. The quantitative estimate of drug-likeness (QED) is 0.0639. The van der Waals surface area contributed by atoms with E-state index in [4.69, 9.17) is 4.74 Å². The molecule has 1 aromatic rings. The SMILES string of the molecule is CCCCCCCCCCCCCCCCCCCCCNC(=O)c1ccc(C(=O)NCCCCCCCCCCCCCCCCCCCCC)c(OCCCCCCCCCCCCCCCC)c1. The van der Waals surface area contributed by atoms with Crippen molar-refractivity contribution in [3.63, 3.8) is 0 Å². The van der Waals surface area contributed by atoms with Gasteiger partial charge in [-0.15, -0.1) is 0 Å². The van der Waals surface area contributed by atoms with Crippen LogP contribution in [0.25, 0.3) is 0 Å². The lowest BCUT2D eigenvalue weighted by molar-refractivity contribution is 0.0937. The topological polar surface area (TPSA) is 67.4 Å². The van der Waals surface area contributed by atoms with E-state index in [-0.39, 0.29) is 11.8 Å². The maximum absolute atomic E-state index is 13.5. The van der Waals surface area contributed by atoms with E-state index in [0.717, 1.165) is 38.5 Å². The molecule has 0 radical (unpaired) electrons. The molecule has 0 saturated heterocycles. The molecule has 0 spiro atoms. The zero-order chi connectivity index (χ0) is 51.0. The highest BCUT2D eigenvalue weighted by molar-refractivity contribution is 6.00. The standard InChI is InChI=1S/C66H124N2O3/c1-4-7-10-13-16-19-22-25-28-30-32-34-36-38-41-44-47-50-53-58-67-65(69)62-56-57-63(64(61-62)71-60-55-52-49-46-43-40-27-24-21-18-15-12-9-6-3)66(70)68-59-54-51-48-45-42-39-37-35-33-31-29-26-23-20-17-14-11-8-5-2/h56-57,61H,4-55,58-60H2,1-3H3,(H,67,69)(H,68,70). The molecule has 71 heavy (non-hydrogen) atoms. The first kappa shape index (κ1) is 67.0. The summed E-state index contributed by atoms with van der Waals surface area (Å²) in [6.45, 7) is 8.82. The maximum Gasteiger partial charge on any atom is 0.255 e. The average molecular weight is 994 g/mol. The molecule has 2 amide bonds. The Morgan fingerprint density at radius 3 is 0.831 bits per heavy atom. The summed E-state index contributed by atoms with van der Waals surface area (Å²) in [6, 6.07) is 5.41. The zero-order valence-corrected chi connectivity index (χ0v) is 48.3. The van der Waals surface area contributed by atoms with Crippen molar-refractivity contribution < 1.29 is 14.3 Å². The number of ether oxygens (including phenoxy) is 1. The van der Waals surface area contributed by atoms with Crippen molar-refractivity contribution in [2.45, 2.75) is 355 Å². The second-order valence-corrected chi connectivity index (χ2v) is 22.4. The Labute approximate surface area is 444 Å². The van der Waals surface area contributed by atoms with Crippen molar-refractivity contribution in [2.24, 2.45) is 0 Å². The number of hydrogen-bond donors (Lipinski definition) is 2. The van der Waals surface area contributed by atoms with Gasteiger partial charge in [0.25, 0.3) is 11.8 Å². The molecular formula is C66H124N2O3. The third-order valence-corrected chi connectivity index (χ3v) is 15.4. The van der Waals surface area contributed by atoms with Crippen LogP contribution in [0.4, 0.5) is 0 Å². The normalized spacial score (nSPS) is 11.4. The van der Waals surface area contributed by atoms with Crippen LogP contribution in [0.1, 0.15) is 375 Å². The number of carbonyl (C=O) groups is 2. The van der Waals surface area contributed by atoms with Crippen molar-refractivity contribution >= 4 is 11.8 Å². The number of carbonyl (C=O) groups excluding carboxylic acids is 2. The summed E-state index contributed by atoms with van der Waals surface area (Å²) in [4.78, 5) is 26.8. The summed E-state index contributed by atoms with van der Waals surface area (Å²) in [5, 5.41) is 6.32. The van der Waals surface area contributed by atoms with E-state index in [2.05, 4.69) is 31.4 Å². The Kier molecular flexibility index (Phi) is 52.5. The van der Waals surface area contributed by atoms with Crippen molar-refractivity contribution in [1.82, 2.24) is 10.6 Å². The highest BCUT2D eigenvalue weighted by Crippen LogP contribution is 2.23. The highest BCUT2D eigenvalue weighted by atomic mass is 16.5. The molecule has 0 aliphatic heterocycles.